The van der Waals surface area contributed by atoms with Gasteiger partial charge in [-0.1, -0.05) is 72.9 Å². The maximum absolute atomic E-state index is 7.15. The van der Waals surface area contributed by atoms with Crippen molar-refractivity contribution < 1.29 is 23.7 Å². The molecule has 1 spiro atoms. The van der Waals surface area contributed by atoms with Crippen LogP contribution in [-0.2, 0) is 5.41 Å². The molecule has 0 bridgehead atoms. The Morgan fingerprint density at radius 3 is 2.04 bits per heavy atom. The largest absolute Gasteiger partial charge is 0.497 e. The highest BCUT2D eigenvalue weighted by Gasteiger charge is 2.58. The summed E-state index contributed by atoms with van der Waals surface area (Å²) in [6.07, 6.45) is 27.4. The highest BCUT2D eigenvalue weighted by Crippen LogP contribution is 2.69. The zero-order valence-corrected chi connectivity index (χ0v) is 32.6. The molecular formula is C51H48O5. The standard InChI is InChI=1S/C51H48O5/c1-52-37-18-15-34(16-19-37)17-26-44-48-47(42-27-24-40(54-3)31-45(42)49(44)56-39-22-20-38(53-2)21-23-39)43-28-25-41(55-4)32-46(43)51(48)30-29-50(33-51,35-11-7-5-8-12-35)36-13-9-6-10-14-36/h5,7-9,11,13-28,31-32,35H,6,10,12,29-30,33H2,1-4H3/b26-17-. The summed E-state index contributed by atoms with van der Waals surface area (Å²) in [5.41, 5.74) is 8.43. The minimum Gasteiger partial charge on any atom is -0.497 e. The van der Waals surface area contributed by atoms with Gasteiger partial charge >= 0.3 is 0 Å². The van der Waals surface area contributed by atoms with Gasteiger partial charge in [0.2, 0.25) is 0 Å². The normalized spacial score (nSPS) is 22.0. The average molecular weight is 741 g/mol. The fourth-order valence-electron chi connectivity index (χ4n) is 10.0. The topological polar surface area (TPSA) is 46.2 Å². The van der Waals surface area contributed by atoms with Crippen LogP contribution in [0.1, 0.15) is 60.8 Å². The lowest BCUT2D eigenvalue weighted by Gasteiger charge is -2.41. The summed E-state index contributed by atoms with van der Waals surface area (Å²) in [6, 6.07) is 29.2. The molecule has 4 aliphatic carbocycles. The van der Waals surface area contributed by atoms with Crippen LogP contribution in [0, 0.1) is 11.3 Å². The van der Waals surface area contributed by atoms with E-state index in [2.05, 4.69) is 103 Å². The lowest BCUT2D eigenvalue weighted by molar-refractivity contribution is 0.255. The van der Waals surface area contributed by atoms with Crippen molar-refractivity contribution in [1.82, 2.24) is 0 Å². The van der Waals surface area contributed by atoms with Crippen molar-refractivity contribution in [3.63, 3.8) is 0 Å². The van der Waals surface area contributed by atoms with E-state index in [1.54, 1.807) is 28.4 Å². The van der Waals surface area contributed by atoms with Gasteiger partial charge in [-0.05, 0) is 150 Å². The van der Waals surface area contributed by atoms with Crippen molar-refractivity contribution in [2.24, 2.45) is 11.3 Å². The molecule has 4 aliphatic rings. The first-order chi connectivity index (χ1) is 27.5. The first-order valence-electron chi connectivity index (χ1n) is 19.7. The van der Waals surface area contributed by atoms with Gasteiger partial charge in [0.1, 0.15) is 34.5 Å². The molecule has 0 aromatic heterocycles. The van der Waals surface area contributed by atoms with Crippen molar-refractivity contribution in [1.29, 1.82) is 0 Å². The van der Waals surface area contributed by atoms with E-state index in [1.165, 1.54) is 27.8 Å². The number of allylic oxidation sites excluding steroid dienone is 8. The van der Waals surface area contributed by atoms with E-state index in [0.29, 0.717) is 5.92 Å². The van der Waals surface area contributed by atoms with Gasteiger partial charge in [0.05, 0.1) is 28.4 Å². The molecule has 3 unspecified atom stereocenters. The Kier molecular flexibility index (Phi) is 9.33. The van der Waals surface area contributed by atoms with Crippen molar-refractivity contribution in [2.45, 2.75) is 43.9 Å². The molecule has 282 valence electrons. The highest BCUT2D eigenvalue weighted by atomic mass is 16.5. The molecule has 1 fully saturated rings. The van der Waals surface area contributed by atoms with Gasteiger partial charge in [0.25, 0.3) is 0 Å². The van der Waals surface area contributed by atoms with Crippen LogP contribution in [0.25, 0.3) is 34.1 Å². The summed E-state index contributed by atoms with van der Waals surface area (Å²) in [5, 5.41) is 2.14. The summed E-state index contributed by atoms with van der Waals surface area (Å²) < 4.78 is 30.1. The molecule has 0 heterocycles. The van der Waals surface area contributed by atoms with Crippen molar-refractivity contribution in [3.05, 3.63) is 155 Å². The number of ether oxygens (including phenoxy) is 5. The summed E-state index contributed by atoms with van der Waals surface area (Å²) in [7, 11) is 6.88. The number of methoxy groups -OCH3 is 4. The fraction of sp³-hybridized carbons (Fsp3) is 0.255. The SMILES string of the molecule is COc1ccc(/C=C\c2c3c(c4ccc(OC)cc4c2Oc2ccc(OC)cc2)-c2ccc(OC)cc2C32CCC(C3=CCCC=C3)(C3C=CC=CC3)C2)cc1. The number of fused-ring (bicyclic) bond motifs is 7. The Bertz CT molecular complexity index is 2450. The molecule has 3 atom stereocenters. The predicted molar refractivity (Wildman–Crippen MR) is 227 cm³/mol. The van der Waals surface area contributed by atoms with Crippen LogP contribution in [0.15, 0.2) is 133 Å². The second kappa shape index (κ2) is 14.6. The maximum atomic E-state index is 7.15. The van der Waals surface area contributed by atoms with Gasteiger partial charge in [-0.2, -0.15) is 0 Å². The Balaban J connectivity index is 1.36. The summed E-state index contributed by atoms with van der Waals surface area (Å²) in [4.78, 5) is 0. The Hall–Kier alpha value is -5.94. The quantitative estimate of drug-likeness (QED) is 0.133. The smallest absolute Gasteiger partial charge is 0.142 e. The number of rotatable bonds is 10. The molecular weight excluding hydrogens is 693 g/mol. The van der Waals surface area contributed by atoms with Gasteiger partial charge in [0.15, 0.2) is 0 Å². The van der Waals surface area contributed by atoms with Crippen LogP contribution in [0.3, 0.4) is 0 Å². The van der Waals surface area contributed by atoms with Gasteiger partial charge in [-0.15, -0.1) is 0 Å². The van der Waals surface area contributed by atoms with Crippen molar-refractivity contribution in [3.8, 4) is 45.6 Å². The molecule has 56 heavy (non-hydrogen) atoms. The Morgan fingerprint density at radius 2 is 1.34 bits per heavy atom. The molecule has 9 rings (SSSR count). The molecule has 5 aromatic rings. The van der Waals surface area contributed by atoms with Crippen LogP contribution in [-0.4, -0.2) is 28.4 Å². The first-order valence-corrected chi connectivity index (χ1v) is 19.7. The molecule has 5 heteroatoms. The lowest BCUT2D eigenvalue weighted by atomic mass is 9.62. The molecule has 0 amide bonds. The predicted octanol–water partition coefficient (Wildman–Crippen LogP) is 12.7. The van der Waals surface area contributed by atoms with Gasteiger partial charge in [-0.3, -0.25) is 0 Å². The minimum absolute atomic E-state index is 0.0526. The van der Waals surface area contributed by atoms with Gasteiger partial charge in [-0.25, -0.2) is 0 Å². The zero-order chi connectivity index (χ0) is 38.3. The van der Waals surface area contributed by atoms with E-state index in [4.69, 9.17) is 23.7 Å². The van der Waals surface area contributed by atoms with Gasteiger partial charge in [0, 0.05) is 21.8 Å². The number of hydrogen-bond donors (Lipinski definition) is 0. The lowest BCUT2D eigenvalue weighted by Crippen LogP contribution is -2.33. The van der Waals surface area contributed by atoms with Crippen LogP contribution in [0.5, 0.6) is 34.5 Å². The van der Waals surface area contributed by atoms with E-state index in [1.807, 2.05) is 36.4 Å². The maximum Gasteiger partial charge on any atom is 0.142 e. The zero-order valence-electron chi connectivity index (χ0n) is 32.6. The van der Waals surface area contributed by atoms with Crippen molar-refractivity contribution >= 4 is 22.9 Å². The van der Waals surface area contributed by atoms with E-state index >= 15 is 0 Å². The second-order valence-corrected chi connectivity index (χ2v) is 15.4. The molecule has 1 saturated carbocycles. The molecule has 0 saturated heterocycles. The molecule has 0 aliphatic heterocycles. The Labute approximate surface area is 330 Å². The molecule has 0 N–H and O–H groups in total. The van der Waals surface area contributed by atoms with Gasteiger partial charge < -0.3 is 23.7 Å². The van der Waals surface area contributed by atoms with Crippen LogP contribution < -0.4 is 23.7 Å². The third kappa shape index (κ3) is 5.92. The monoisotopic (exact) mass is 740 g/mol. The fourth-order valence-corrected chi connectivity index (χ4v) is 10.0. The summed E-state index contributed by atoms with van der Waals surface area (Å²) in [5.74, 6) is 5.18. The number of benzene rings is 5. The number of hydrogen-bond acceptors (Lipinski definition) is 5. The van der Waals surface area contributed by atoms with E-state index in [9.17, 15) is 0 Å². The first kappa shape index (κ1) is 35.7. The van der Waals surface area contributed by atoms with Crippen molar-refractivity contribution in [2.75, 3.05) is 28.4 Å². The summed E-state index contributed by atoms with van der Waals surface area (Å²) in [6.45, 7) is 0. The molecule has 5 nitrogen and oxygen atoms in total. The van der Waals surface area contributed by atoms with E-state index in [0.717, 1.165) is 94.9 Å². The molecule has 0 radical (unpaired) electrons. The third-order valence-corrected chi connectivity index (χ3v) is 12.7. The Morgan fingerprint density at radius 1 is 0.643 bits per heavy atom. The van der Waals surface area contributed by atoms with Crippen LogP contribution >= 0.6 is 0 Å². The van der Waals surface area contributed by atoms with Crippen LogP contribution in [0.2, 0.25) is 0 Å². The summed E-state index contributed by atoms with van der Waals surface area (Å²) >= 11 is 0. The van der Waals surface area contributed by atoms with E-state index in [-0.39, 0.29) is 10.8 Å². The molecule has 5 aromatic carbocycles. The average Bonchev–Trinajstić information content (AvgIpc) is 3.81. The second-order valence-electron chi connectivity index (χ2n) is 15.4. The van der Waals surface area contributed by atoms with E-state index < -0.39 is 0 Å². The third-order valence-electron chi connectivity index (χ3n) is 12.7. The minimum atomic E-state index is -0.327. The van der Waals surface area contributed by atoms with Crippen LogP contribution in [0.4, 0.5) is 0 Å². The highest BCUT2D eigenvalue weighted by molar-refractivity contribution is 6.09.